The zero-order valence-electron chi connectivity index (χ0n) is 12.8. The maximum atomic E-state index is 6.26. The first kappa shape index (κ1) is 14.7. The van der Waals surface area contributed by atoms with Crippen molar-refractivity contribution in [3.05, 3.63) is 23.5 Å². The van der Waals surface area contributed by atoms with Crippen LogP contribution in [0.3, 0.4) is 0 Å². The summed E-state index contributed by atoms with van der Waals surface area (Å²) in [5, 5.41) is 4.78. The number of ether oxygens (including phenoxy) is 1. The smallest absolute Gasteiger partial charge is 0.495 e. The molecule has 3 rings (SSSR count). The Hall–Kier alpha value is -1.24. The number of aromatic nitrogens is 2. The zero-order chi connectivity index (χ0) is 15.4. The van der Waals surface area contributed by atoms with Gasteiger partial charge in [-0.3, -0.25) is 0 Å². The average Bonchev–Trinajstić information content (AvgIpc) is 2.87. The summed E-state index contributed by atoms with van der Waals surface area (Å²) in [7, 11) is 1.10. The third-order valence-corrected chi connectivity index (χ3v) is 4.59. The van der Waals surface area contributed by atoms with E-state index in [2.05, 4.69) is 5.10 Å². The van der Waals surface area contributed by atoms with Crippen molar-refractivity contribution in [1.82, 2.24) is 9.61 Å². The number of hydrogen-bond acceptors (Lipinski definition) is 4. The van der Waals surface area contributed by atoms with Crippen molar-refractivity contribution >= 4 is 29.7 Å². The van der Waals surface area contributed by atoms with Crippen LogP contribution in [0, 0.1) is 0 Å². The molecule has 0 bridgehead atoms. The van der Waals surface area contributed by atoms with Gasteiger partial charge < -0.3 is 14.0 Å². The largest absolute Gasteiger partial charge is 0.497 e. The second kappa shape index (κ2) is 4.63. The highest BCUT2D eigenvalue weighted by Gasteiger charge is 2.52. The molecule has 1 fully saturated rings. The van der Waals surface area contributed by atoms with Gasteiger partial charge in [0.05, 0.1) is 41.2 Å². The summed E-state index contributed by atoms with van der Waals surface area (Å²) < 4.78 is 19.2. The Balaban J connectivity index is 2.14. The number of halogens is 1. The molecule has 0 aromatic carbocycles. The molecule has 2 aromatic heterocycles. The van der Waals surface area contributed by atoms with Crippen molar-refractivity contribution in [3.8, 4) is 5.75 Å². The molecular formula is C14H18BClN2O3. The maximum absolute atomic E-state index is 6.26. The molecule has 0 radical (unpaired) electrons. The Morgan fingerprint density at radius 2 is 1.86 bits per heavy atom. The third-order valence-electron chi connectivity index (χ3n) is 4.31. The Morgan fingerprint density at radius 1 is 1.24 bits per heavy atom. The molecule has 0 amide bonds. The van der Waals surface area contributed by atoms with E-state index in [1.807, 2.05) is 33.8 Å². The van der Waals surface area contributed by atoms with Gasteiger partial charge in [0.25, 0.3) is 0 Å². The Bertz CT molecular complexity index is 683. The van der Waals surface area contributed by atoms with E-state index in [9.17, 15) is 0 Å². The lowest BCUT2D eigenvalue weighted by Gasteiger charge is -2.32. The van der Waals surface area contributed by atoms with Crippen molar-refractivity contribution in [2.24, 2.45) is 0 Å². The van der Waals surface area contributed by atoms with Crippen LogP contribution >= 0.6 is 11.6 Å². The molecule has 0 aliphatic carbocycles. The standard InChI is InChI=1S/C14H18BClN2O3/c1-13(2)14(3,4)21-15(20-13)10-6-9(19-5)8-18-12(10)11(16)7-17-18/h6-8H,1-5H3. The molecular weight excluding hydrogens is 290 g/mol. The van der Waals surface area contributed by atoms with Crippen LogP contribution in [0.4, 0.5) is 0 Å². The van der Waals surface area contributed by atoms with Gasteiger partial charge in [0.2, 0.25) is 0 Å². The summed E-state index contributed by atoms with van der Waals surface area (Å²) in [4.78, 5) is 0. The summed E-state index contributed by atoms with van der Waals surface area (Å²) in [6.45, 7) is 8.06. The highest BCUT2D eigenvalue weighted by molar-refractivity contribution is 6.65. The van der Waals surface area contributed by atoms with E-state index >= 15 is 0 Å². The number of hydrogen-bond donors (Lipinski definition) is 0. The van der Waals surface area contributed by atoms with Gasteiger partial charge in [0.1, 0.15) is 5.75 Å². The summed E-state index contributed by atoms with van der Waals surface area (Å²) in [5.41, 5.74) is 0.764. The second-order valence-corrected chi connectivity index (χ2v) is 6.62. The van der Waals surface area contributed by atoms with Crippen LogP contribution in [0.5, 0.6) is 5.75 Å². The summed E-state index contributed by atoms with van der Waals surface area (Å²) in [5.74, 6) is 0.673. The molecule has 0 saturated carbocycles. The fourth-order valence-electron chi connectivity index (χ4n) is 2.35. The predicted molar refractivity (Wildman–Crippen MR) is 82.5 cm³/mol. The summed E-state index contributed by atoms with van der Waals surface area (Å²) >= 11 is 6.26. The molecule has 0 N–H and O–H groups in total. The van der Waals surface area contributed by atoms with Gasteiger partial charge in [-0.05, 0) is 33.8 Å². The number of fused-ring (bicyclic) bond motifs is 1. The van der Waals surface area contributed by atoms with Crippen LogP contribution in [-0.4, -0.2) is 35.0 Å². The van der Waals surface area contributed by atoms with Crippen LogP contribution < -0.4 is 10.2 Å². The van der Waals surface area contributed by atoms with E-state index in [-0.39, 0.29) is 0 Å². The lowest BCUT2D eigenvalue weighted by Crippen LogP contribution is -2.41. The minimum absolute atomic E-state index is 0.412. The van der Waals surface area contributed by atoms with E-state index in [0.717, 1.165) is 11.0 Å². The Kier molecular flexibility index (Phi) is 3.24. The Labute approximate surface area is 129 Å². The highest BCUT2D eigenvalue weighted by atomic mass is 35.5. The average molecular weight is 309 g/mol. The van der Waals surface area contributed by atoms with Crippen molar-refractivity contribution in [2.75, 3.05) is 7.11 Å². The van der Waals surface area contributed by atoms with Crippen LogP contribution in [-0.2, 0) is 9.31 Å². The van der Waals surface area contributed by atoms with E-state index in [0.29, 0.717) is 10.8 Å². The molecule has 1 aliphatic rings. The number of pyridine rings is 1. The fourth-order valence-corrected chi connectivity index (χ4v) is 2.59. The first-order chi connectivity index (χ1) is 9.75. The van der Waals surface area contributed by atoms with Crippen LogP contribution in [0.2, 0.25) is 5.02 Å². The second-order valence-electron chi connectivity index (χ2n) is 6.21. The molecule has 3 heterocycles. The van der Waals surface area contributed by atoms with Gasteiger partial charge in [-0.15, -0.1) is 0 Å². The molecule has 0 atom stereocenters. The fraction of sp³-hybridized carbons (Fsp3) is 0.500. The van der Waals surface area contributed by atoms with E-state index in [1.165, 1.54) is 0 Å². The van der Waals surface area contributed by atoms with Crippen LogP contribution in [0.1, 0.15) is 27.7 Å². The van der Waals surface area contributed by atoms with E-state index in [1.54, 1.807) is 24.0 Å². The topological polar surface area (TPSA) is 45.0 Å². The van der Waals surface area contributed by atoms with E-state index < -0.39 is 18.3 Å². The molecule has 21 heavy (non-hydrogen) atoms. The minimum atomic E-state index is -0.512. The highest BCUT2D eigenvalue weighted by Crippen LogP contribution is 2.37. The molecule has 0 unspecified atom stereocenters. The molecule has 0 spiro atoms. The monoisotopic (exact) mass is 308 g/mol. The van der Waals surface area contributed by atoms with Gasteiger partial charge in [0.15, 0.2) is 0 Å². The number of methoxy groups -OCH3 is 1. The van der Waals surface area contributed by atoms with E-state index in [4.69, 9.17) is 25.6 Å². The molecule has 7 heteroatoms. The first-order valence-corrected chi connectivity index (χ1v) is 7.19. The SMILES string of the molecule is COc1cc(B2OC(C)(C)C(C)(C)O2)c2c(Cl)cnn2c1. The molecule has 5 nitrogen and oxygen atoms in total. The normalized spacial score (nSPS) is 20.2. The quantitative estimate of drug-likeness (QED) is 0.799. The lowest BCUT2D eigenvalue weighted by molar-refractivity contribution is 0.00578. The Morgan fingerprint density at radius 3 is 2.43 bits per heavy atom. The first-order valence-electron chi connectivity index (χ1n) is 6.81. The number of nitrogens with zero attached hydrogens (tertiary/aromatic N) is 2. The van der Waals surface area contributed by atoms with Gasteiger partial charge in [-0.2, -0.15) is 5.10 Å². The maximum Gasteiger partial charge on any atom is 0.497 e. The zero-order valence-corrected chi connectivity index (χ0v) is 13.6. The van der Waals surface area contributed by atoms with Gasteiger partial charge in [-0.1, -0.05) is 11.6 Å². The van der Waals surface area contributed by atoms with Crippen molar-refractivity contribution in [3.63, 3.8) is 0 Å². The molecule has 1 aliphatic heterocycles. The van der Waals surface area contributed by atoms with Gasteiger partial charge in [0, 0.05) is 5.46 Å². The molecule has 112 valence electrons. The van der Waals surface area contributed by atoms with Gasteiger partial charge >= 0.3 is 7.12 Å². The third kappa shape index (κ3) is 2.22. The minimum Gasteiger partial charge on any atom is -0.495 e. The van der Waals surface area contributed by atoms with Crippen molar-refractivity contribution < 1.29 is 14.0 Å². The number of rotatable bonds is 2. The lowest BCUT2D eigenvalue weighted by atomic mass is 9.78. The van der Waals surface area contributed by atoms with Crippen molar-refractivity contribution in [2.45, 2.75) is 38.9 Å². The molecule has 2 aromatic rings. The van der Waals surface area contributed by atoms with Crippen LogP contribution in [0.25, 0.3) is 5.52 Å². The van der Waals surface area contributed by atoms with Crippen LogP contribution in [0.15, 0.2) is 18.5 Å². The summed E-state index contributed by atoms with van der Waals surface area (Å²) in [6.07, 6.45) is 3.38. The van der Waals surface area contributed by atoms with Gasteiger partial charge in [-0.25, -0.2) is 4.52 Å². The molecule has 1 saturated heterocycles. The predicted octanol–water partition coefficient (Wildman–Crippen LogP) is 2.30. The summed E-state index contributed by atoms with van der Waals surface area (Å²) in [6, 6.07) is 1.88. The van der Waals surface area contributed by atoms with Crippen molar-refractivity contribution in [1.29, 1.82) is 0 Å².